The standard InChI is InChI=1S/C7H15FN4O2/c8-4-7(11,5(13)14)2-1-3-12-6(9)10/h1-4,11H2,(H,13,14)(H4,9,10,12)/t7-/m1/s1. The third kappa shape index (κ3) is 4.04. The maximum absolute atomic E-state index is 12.3. The van der Waals surface area contributed by atoms with Crippen molar-refractivity contribution in [3.05, 3.63) is 0 Å². The Morgan fingerprint density at radius 3 is 2.43 bits per heavy atom. The molecule has 0 radical (unpaired) electrons. The van der Waals surface area contributed by atoms with Crippen LogP contribution in [-0.4, -0.2) is 35.8 Å². The van der Waals surface area contributed by atoms with Gasteiger partial charge in [0.1, 0.15) is 12.2 Å². The first kappa shape index (κ1) is 12.6. The SMILES string of the molecule is NC(N)=NCCC[C@@](N)(CF)C(=O)O. The number of carbonyl (C=O) groups is 1. The lowest BCUT2D eigenvalue weighted by atomic mass is 9.96. The summed E-state index contributed by atoms with van der Waals surface area (Å²) < 4.78 is 12.3. The van der Waals surface area contributed by atoms with Gasteiger partial charge in [0.05, 0.1) is 0 Å². The van der Waals surface area contributed by atoms with Crippen molar-refractivity contribution >= 4 is 11.9 Å². The van der Waals surface area contributed by atoms with Gasteiger partial charge in [0.25, 0.3) is 0 Å². The molecule has 0 aliphatic rings. The Balaban J connectivity index is 3.97. The normalized spacial score (nSPS) is 14.4. The summed E-state index contributed by atoms with van der Waals surface area (Å²) >= 11 is 0. The smallest absolute Gasteiger partial charge is 0.326 e. The number of halogens is 1. The summed E-state index contributed by atoms with van der Waals surface area (Å²) in [4.78, 5) is 14.2. The molecular weight excluding hydrogens is 191 g/mol. The highest BCUT2D eigenvalue weighted by molar-refractivity contribution is 5.78. The van der Waals surface area contributed by atoms with Gasteiger partial charge in [0, 0.05) is 6.54 Å². The summed E-state index contributed by atoms with van der Waals surface area (Å²) in [6, 6.07) is 0. The molecule has 0 bridgehead atoms. The van der Waals surface area contributed by atoms with Crippen LogP contribution in [-0.2, 0) is 4.79 Å². The number of aliphatic carboxylic acids is 1. The van der Waals surface area contributed by atoms with E-state index in [1.807, 2.05) is 0 Å². The fourth-order valence-corrected chi connectivity index (χ4v) is 0.834. The van der Waals surface area contributed by atoms with Gasteiger partial charge in [-0.05, 0) is 12.8 Å². The highest BCUT2D eigenvalue weighted by Crippen LogP contribution is 2.10. The molecule has 0 aliphatic carbocycles. The zero-order valence-corrected chi connectivity index (χ0v) is 7.74. The zero-order valence-electron chi connectivity index (χ0n) is 7.74. The lowest BCUT2D eigenvalue weighted by Gasteiger charge is -2.19. The van der Waals surface area contributed by atoms with Crippen LogP contribution in [0.15, 0.2) is 4.99 Å². The van der Waals surface area contributed by atoms with Gasteiger partial charge in [-0.3, -0.25) is 9.79 Å². The number of nitrogens with zero attached hydrogens (tertiary/aromatic N) is 1. The number of guanidine groups is 1. The molecule has 7 heteroatoms. The average Bonchev–Trinajstić information content (AvgIpc) is 2.11. The summed E-state index contributed by atoms with van der Waals surface area (Å²) in [6.07, 6.45) is 0.320. The van der Waals surface area contributed by atoms with E-state index in [4.69, 9.17) is 22.3 Å². The lowest BCUT2D eigenvalue weighted by Crippen LogP contribution is -2.50. The maximum Gasteiger partial charge on any atom is 0.326 e. The molecule has 0 rings (SSSR count). The highest BCUT2D eigenvalue weighted by atomic mass is 19.1. The number of hydrogen-bond donors (Lipinski definition) is 4. The van der Waals surface area contributed by atoms with E-state index in [-0.39, 0.29) is 18.9 Å². The van der Waals surface area contributed by atoms with E-state index in [0.717, 1.165) is 0 Å². The van der Waals surface area contributed by atoms with E-state index in [2.05, 4.69) is 4.99 Å². The van der Waals surface area contributed by atoms with Crippen LogP contribution in [0.4, 0.5) is 4.39 Å². The van der Waals surface area contributed by atoms with Crippen LogP contribution in [0.25, 0.3) is 0 Å². The predicted molar refractivity (Wildman–Crippen MR) is 50.4 cm³/mol. The van der Waals surface area contributed by atoms with Gasteiger partial charge in [-0.2, -0.15) is 0 Å². The third-order valence-corrected chi connectivity index (χ3v) is 1.74. The van der Waals surface area contributed by atoms with Crippen molar-refractivity contribution in [3.8, 4) is 0 Å². The second kappa shape index (κ2) is 5.38. The fraction of sp³-hybridized carbons (Fsp3) is 0.714. The quantitative estimate of drug-likeness (QED) is 0.246. The average molecular weight is 206 g/mol. The van der Waals surface area contributed by atoms with Gasteiger partial charge in [0.2, 0.25) is 0 Å². The molecule has 0 heterocycles. The molecule has 0 aromatic carbocycles. The molecule has 0 saturated carbocycles. The molecule has 0 aromatic heterocycles. The molecule has 82 valence electrons. The first-order valence-electron chi connectivity index (χ1n) is 4.06. The van der Waals surface area contributed by atoms with Crippen LogP contribution in [0.1, 0.15) is 12.8 Å². The Morgan fingerprint density at radius 1 is 1.50 bits per heavy atom. The second-order valence-electron chi connectivity index (χ2n) is 3.01. The third-order valence-electron chi connectivity index (χ3n) is 1.74. The van der Waals surface area contributed by atoms with E-state index in [1.165, 1.54) is 0 Å². The van der Waals surface area contributed by atoms with Crippen molar-refractivity contribution < 1.29 is 14.3 Å². The highest BCUT2D eigenvalue weighted by Gasteiger charge is 2.33. The van der Waals surface area contributed by atoms with Crippen molar-refractivity contribution in [2.75, 3.05) is 13.2 Å². The van der Waals surface area contributed by atoms with Crippen LogP contribution in [0.2, 0.25) is 0 Å². The monoisotopic (exact) mass is 206 g/mol. The number of rotatable bonds is 6. The van der Waals surface area contributed by atoms with Crippen molar-refractivity contribution in [1.29, 1.82) is 0 Å². The largest absolute Gasteiger partial charge is 0.480 e. The topological polar surface area (TPSA) is 128 Å². The van der Waals surface area contributed by atoms with Crippen LogP contribution in [0.3, 0.4) is 0 Å². The Labute approximate surface area is 81.0 Å². The second-order valence-corrected chi connectivity index (χ2v) is 3.01. The number of aliphatic imine (C=N–C) groups is 1. The van der Waals surface area contributed by atoms with Crippen LogP contribution >= 0.6 is 0 Å². The Bertz CT molecular complexity index is 230. The molecule has 0 aromatic rings. The van der Waals surface area contributed by atoms with Gasteiger partial charge >= 0.3 is 5.97 Å². The molecule has 0 saturated heterocycles. The van der Waals surface area contributed by atoms with Crippen molar-refractivity contribution in [2.24, 2.45) is 22.2 Å². The lowest BCUT2D eigenvalue weighted by molar-refractivity contribution is -0.144. The molecule has 0 fully saturated rings. The minimum Gasteiger partial charge on any atom is -0.480 e. The molecular formula is C7H15FN4O2. The van der Waals surface area contributed by atoms with Crippen molar-refractivity contribution in [1.82, 2.24) is 0 Å². The van der Waals surface area contributed by atoms with Gasteiger partial charge in [-0.25, -0.2) is 4.39 Å². The Kier molecular flexibility index (Phi) is 4.85. The molecule has 1 atom stereocenters. The van der Waals surface area contributed by atoms with Crippen molar-refractivity contribution in [3.63, 3.8) is 0 Å². The molecule has 0 unspecified atom stereocenters. The Hall–Kier alpha value is -1.37. The molecule has 7 N–H and O–H groups in total. The number of hydrogen-bond acceptors (Lipinski definition) is 3. The van der Waals surface area contributed by atoms with Gasteiger partial charge in [-0.15, -0.1) is 0 Å². The van der Waals surface area contributed by atoms with E-state index in [1.54, 1.807) is 0 Å². The first-order valence-corrected chi connectivity index (χ1v) is 4.06. The molecule has 6 nitrogen and oxygen atoms in total. The van der Waals surface area contributed by atoms with Gasteiger partial charge in [0.15, 0.2) is 5.96 Å². The van der Waals surface area contributed by atoms with Gasteiger partial charge < -0.3 is 22.3 Å². The fourth-order valence-electron chi connectivity index (χ4n) is 0.834. The summed E-state index contributed by atoms with van der Waals surface area (Å²) in [7, 11) is 0. The summed E-state index contributed by atoms with van der Waals surface area (Å²) in [5.74, 6) is -1.44. The van der Waals surface area contributed by atoms with E-state index < -0.39 is 18.2 Å². The summed E-state index contributed by atoms with van der Waals surface area (Å²) in [5.41, 5.74) is 13.5. The van der Waals surface area contributed by atoms with Crippen molar-refractivity contribution in [2.45, 2.75) is 18.4 Å². The predicted octanol–water partition coefficient (Wildman–Crippen LogP) is -1.21. The molecule has 14 heavy (non-hydrogen) atoms. The molecule has 0 spiro atoms. The summed E-state index contributed by atoms with van der Waals surface area (Å²) in [5, 5.41) is 8.59. The minimum absolute atomic E-state index is 0.00435. The maximum atomic E-state index is 12.3. The number of carboxylic acids is 1. The zero-order chi connectivity index (χ0) is 11.2. The van der Waals surface area contributed by atoms with E-state index in [0.29, 0.717) is 6.42 Å². The number of carboxylic acid groups (broad SMARTS) is 1. The van der Waals surface area contributed by atoms with Crippen LogP contribution in [0, 0.1) is 0 Å². The summed E-state index contributed by atoms with van der Waals surface area (Å²) in [6.45, 7) is -0.862. The minimum atomic E-state index is -1.82. The van der Waals surface area contributed by atoms with E-state index >= 15 is 0 Å². The van der Waals surface area contributed by atoms with E-state index in [9.17, 15) is 9.18 Å². The van der Waals surface area contributed by atoms with Gasteiger partial charge in [-0.1, -0.05) is 0 Å². The Morgan fingerprint density at radius 2 is 2.07 bits per heavy atom. The molecule has 0 amide bonds. The first-order chi connectivity index (χ1) is 6.42. The van der Waals surface area contributed by atoms with Crippen LogP contribution in [0.5, 0.6) is 0 Å². The number of nitrogens with two attached hydrogens (primary N) is 3. The number of alkyl halides is 1. The molecule has 0 aliphatic heterocycles. The van der Waals surface area contributed by atoms with Crippen LogP contribution < -0.4 is 17.2 Å².